The van der Waals surface area contributed by atoms with E-state index in [1.165, 1.54) is 11.3 Å². The Morgan fingerprint density at radius 2 is 2.04 bits per heavy atom. The molecule has 0 fully saturated rings. The highest BCUT2D eigenvalue weighted by molar-refractivity contribution is 7.13. The molecule has 0 atom stereocenters. The van der Waals surface area contributed by atoms with E-state index in [1.54, 1.807) is 32.9 Å². The number of benzene rings is 1. The van der Waals surface area contributed by atoms with Crippen molar-refractivity contribution in [2.24, 2.45) is 0 Å². The fraction of sp³-hybridized carbons (Fsp3) is 0.350. The summed E-state index contributed by atoms with van der Waals surface area (Å²) in [5, 5.41) is 3.31. The van der Waals surface area contributed by atoms with Crippen LogP contribution in [-0.2, 0) is 20.7 Å². The fourth-order valence-corrected chi connectivity index (χ4v) is 3.38. The molecular weight excluding hydrogens is 370 g/mol. The summed E-state index contributed by atoms with van der Waals surface area (Å²) in [6.45, 7) is 9.21. The molecule has 1 aromatic carbocycles. The van der Waals surface area contributed by atoms with Crippen molar-refractivity contribution in [1.82, 2.24) is 4.98 Å². The third-order valence-electron chi connectivity index (χ3n) is 3.42. The second-order valence-corrected chi connectivity index (χ2v) is 8.18. The summed E-state index contributed by atoms with van der Waals surface area (Å²) in [4.78, 5) is 28.3. The highest BCUT2D eigenvalue weighted by atomic mass is 35.5. The molecule has 138 valence electrons. The van der Waals surface area contributed by atoms with Crippen molar-refractivity contribution in [3.8, 4) is 10.6 Å². The van der Waals surface area contributed by atoms with Gasteiger partial charge in [0, 0.05) is 28.8 Å². The first kappa shape index (κ1) is 20.3. The molecular formula is C20H22ClNO3S. The smallest absolute Gasteiger partial charge is 0.306 e. The minimum Gasteiger partial charge on any atom is -0.460 e. The number of hydrogen-bond acceptors (Lipinski definition) is 5. The molecule has 0 radical (unpaired) electrons. The topological polar surface area (TPSA) is 56.3 Å². The Hall–Kier alpha value is -1.98. The molecule has 0 N–H and O–H groups in total. The molecule has 4 nitrogen and oxygen atoms in total. The van der Waals surface area contributed by atoms with Gasteiger partial charge in [-0.05, 0) is 44.5 Å². The van der Waals surface area contributed by atoms with Gasteiger partial charge in [-0.25, -0.2) is 4.98 Å². The number of aromatic nitrogens is 1. The molecule has 0 aliphatic heterocycles. The van der Waals surface area contributed by atoms with Crippen LogP contribution in [0.15, 0.2) is 30.2 Å². The minimum absolute atomic E-state index is 0.0345. The van der Waals surface area contributed by atoms with E-state index >= 15 is 0 Å². The van der Waals surface area contributed by atoms with Gasteiger partial charge in [-0.2, -0.15) is 0 Å². The monoisotopic (exact) mass is 391 g/mol. The number of carbonyl (C=O) groups is 2. The fourth-order valence-electron chi connectivity index (χ4n) is 2.33. The van der Waals surface area contributed by atoms with Gasteiger partial charge in [-0.1, -0.05) is 24.3 Å². The number of thiazole rings is 1. The van der Waals surface area contributed by atoms with Gasteiger partial charge in [0.05, 0.1) is 12.1 Å². The predicted octanol–water partition coefficient (Wildman–Crippen LogP) is 5.34. The molecule has 0 saturated carbocycles. The first-order valence-electron chi connectivity index (χ1n) is 8.28. The highest BCUT2D eigenvalue weighted by Crippen LogP contribution is 2.30. The van der Waals surface area contributed by atoms with E-state index in [4.69, 9.17) is 16.3 Å². The molecule has 0 saturated heterocycles. The number of Topliss-reactive ketones (excluding diaryl/α,β-unsaturated/α-hetero) is 1. The third-order valence-corrected chi connectivity index (χ3v) is 4.58. The maximum atomic E-state index is 12.1. The first-order chi connectivity index (χ1) is 12.2. The highest BCUT2D eigenvalue weighted by Gasteiger charge is 2.18. The molecule has 0 amide bonds. The zero-order valence-corrected chi connectivity index (χ0v) is 16.7. The quantitative estimate of drug-likeness (QED) is 0.598. The van der Waals surface area contributed by atoms with Crippen LogP contribution in [0.4, 0.5) is 0 Å². The maximum Gasteiger partial charge on any atom is 0.306 e. The van der Waals surface area contributed by atoms with Crippen molar-refractivity contribution in [2.75, 3.05) is 0 Å². The van der Waals surface area contributed by atoms with Crippen molar-refractivity contribution in [1.29, 1.82) is 0 Å². The predicted molar refractivity (Wildman–Crippen MR) is 106 cm³/mol. The molecule has 0 spiro atoms. The minimum atomic E-state index is -0.536. The molecule has 1 aromatic heterocycles. The number of halogens is 1. The average molecular weight is 392 g/mol. The number of rotatable bonds is 7. The van der Waals surface area contributed by atoms with Crippen LogP contribution in [0.25, 0.3) is 16.6 Å². The Morgan fingerprint density at radius 3 is 2.69 bits per heavy atom. The van der Waals surface area contributed by atoms with Gasteiger partial charge in [0.2, 0.25) is 0 Å². The summed E-state index contributed by atoms with van der Waals surface area (Å²) in [6, 6.07) is 5.53. The lowest BCUT2D eigenvalue weighted by atomic mass is 10.1. The summed E-state index contributed by atoms with van der Waals surface area (Å²) in [5.74, 6) is -0.394. The molecule has 6 heteroatoms. The van der Waals surface area contributed by atoms with Crippen LogP contribution in [0.5, 0.6) is 0 Å². The lowest BCUT2D eigenvalue weighted by Gasteiger charge is -2.19. The molecule has 0 bridgehead atoms. The molecule has 0 unspecified atom stereocenters. The molecule has 0 aliphatic carbocycles. The molecule has 2 aromatic rings. The number of ether oxygens (including phenoxy) is 1. The van der Waals surface area contributed by atoms with Gasteiger partial charge < -0.3 is 4.74 Å². The second kappa shape index (κ2) is 8.60. The van der Waals surface area contributed by atoms with E-state index < -0.39 is 5.60 Å². The summed E-state index contributed by atoms with van der Waals surface area (Å²) in [7, 11) is 0. The second-order valence-electron chi connectivity index (χ2n) is 6.88. The molecule has 26 heavy (non-hydrogen) atoms. The van der Waals surface area contributed by atoms with Crippen LogP contribution >= 0.6 is 22.9 Å². The zero-order chi connectivity index (χ0) is 19.3. The Labute approximate surface area is 162 Å². The van der Waals surface area contributed by atoms with Gasteiger partial charge in [-0.3, -0.25) is 9.59 Å². The summed E-state index contributed by atoms with van der Waals surface area (Å²) in [6.07, 6.45) is 2.18. The first-order valence-corrected chi connectivity index (χ1v) is 9.54. The Morgan fingerprint density at radius 1 is 1.31 bits per heavy atom. The van der Waals surface area contributed by atoms with Crippen LogP contribution in [0.1, 0.15) is 44.9 Å². The summed E-state index contributed by atoms with van der Waals surface area (Å²) >= 11 is 7.48. The van der Waals surface area contributed by atoms with Gasteiger partial charge in [-0.15, -0.1) is 11.3 Å². The van der Waals surface area contributed by atoms with Gasteiger partial charge >= 0.3 is 5.97 Å². The average Bonchev–Trinajstić information content (AvgIpc) is 2.99. The number of ketones is 1. The number of nitrogens with zero attached hydrogens (tertiary/aromatic N) is 1. The Bertz CT molecular complexity index is 821. The van der Waals surface area contributed by atoms with Crippen molar-refractivity contribution in [3.05, 3.63) is 46.4 Å². The summed E-state index contributed by atoms with van der Waals surface area (Å²) in [5.41, 5.74) is 1.99. The van der Waals surface area contributed by atoms with Gasteiger partial charge in [0.1, 0.15) is 16.4 Å². The normalized spacial score (nSPS) is 11.2. The van der Waals surface area contributed by atoms with Gasteiger partial charge in [0.25, 0.3) is 0 Å². The van der Waals surface area contributed by atoms with Crippen molar-refractivity contribution >= 4 is 40.8 Å². The maximum absolute atomic E-state index is 12.1. The van der Waals surface area contributed by atoms with E-state index in [9.17, 15) is 9.59 Å². The lowest BCUT2D eigenvalue weighted by Crippen LogP contribution is -2.24. The Kier molecular flexibility index (Phi) is 6.73. The van der Waals surface area contributed by atoms with E-state index in [0.717, 1.165) is 16.1 Å². The van der Waals surface area contributed by atoms with Crippen molar-refractivity contribution in [2.45, 2.75) is 45.6 Å². The number of carbonyl (C=O) groups excluding carboxylic acids is 2. The van der Waals surface area contributed by atoms with Gasteiger partial charge in [0.15, 0.2) is 0 Å². The van der Waals surface area contributed by atoms with Crippen molar-refractivity contribution < 1.29 is 14.3 Å². The van der Waals surface area contributed by atoms with Crippen LogP contribution < -0.4 is 0 Å². The van der Waals surface area contributed by atoms with E-state index in [2.05, 4.69) is 11.6 Å². The van der Waals surface area contributed by atoms with Crippen LogP contribution in [0, 0.1) is 0 Å². The van der Waals surface area contributed by atoms with Crippen LogP contribution in [0.3, 0.4) is 0 Å². The van der Waals surface area contributed by atoms with E-state index in [0.29, 0.717) is 10.7 Å². The number of esters is 1. The standard InChI is InChI=1S/C20H22ClNO3S/c1-5-13-10-14(21)6-8-17(13)19-22-15(12-26-19)11-16(23)7-9-18(24)25-20(2,3)4/h5-6,8,10,12H,1,7,9,11H2,2-4H3. The molecule has 1 heterocycles. The zero-order valence-electron chi connectivity index (χ0n) is 15.2. The third kappa shape index (κ3) is 6.07. The van der Waals surface area contributed by atoms with E-state index in [1.807, 2.05) is 17.5 Å². The number of hydrogen-bond donors (Lipinski definition) is 0. The SMILES string of the molecule is C=Cc1cc(Cl)ccc1-c1nc(CC(=O)CCC(=O)OC(C)(C)C)cs1. The largest absolute Gasteiger partial charge is 0.460 e. The van der Waals surface area contributed by atoms with Crippen molar-refractivity contribution in [3.63, 3.8) is 0 Å². The summed E-state index contributed by atoms with van der Waals surface area (Å²) < 4.78 is 5.21. The Balaban J connectivity index is 1.97. The lowest BCUT2D eigenvalue weighted by molar-refractivity contribution is -0.155. The van der Waals surface area contributed by atoms with Crippen LogP contribution in [0.2, 0.25) is 5.02 Å². The molecule has 0 aliphatic rings. The van der Waals surface area contributed by atoms with Crippen LogP contribution in [-0.4, -0.2) is 22.3 Å². The molecule has 2 rings (SSSR count). The van der Waals surface area contributed by atoms with E-state index in [-0.39, 0.29) is 31.0 Å².